The largest absolute Gasteiger partial charge is 0.205 e. The van der Waals surface area contributed by atoms with Crippen LogP contribution in [0.1, 0.15) is 148 Å². The van der Waals surface area contributed by atoms with Crippen LogP contribution in [0.2, 0.25) is 0 Å². The Kier molecular flexibility index (Phi) is 19.4. The van der Waals surface area contributed by atoms with Crippen LogP contribution in [0.4, 0.5) is 0 Å². The van der Waals surface area contributed by atoms with Crippen molar-refractivity contribution in [3.05, 3.63) is 30.1 Å². The topological polar surface area (TPSA) is 3.88 Å². The molecule has 0 atom stereocenters. The van der Waals surface area contributed by atoms with Crippen molar-refractivity contribution < 1.29 is 4.57 Å². The van der Waals surface area contributed by atoms with Gasteiger partial charge in [-0.25, -0.2) is 4.57 Å². The molecular formula is C29H54N+. The summed E-state index contributed by atoms with van der Waals surface area (Å²) in [5.41, 5.74) is 1.52. The van der Waals surface area contributed by atoms with Gasteiger partial charge in [-0.1, -0.05) is 123 Å². The molecule has 0 spiro atoms. The average Bonchev–Trinajstić information content (AvgIpc) is 2.77. The van der Waals surface area contributed by atoms with E-state index in [0.717, 1.165) is 0 Å². The molecule has 1 aromatic heterocycles. The molecule has 0 radical (unpaired) electrons. The summed E-state index contributed by atoms with van der Waals surface area (Å²) in [6.45, 7) is 5.78. The molecule has 0 unspecified atom stereocenters. The molecule has 0 N–H and O–H groups in total. The minimum Gasteiger partial charge on any atom is -0.205 e. The van der Waals surface area contributed by atoms with Gasteiger partial charge in [-0.15, -0.1) is 0 Å². The van der Waals surface area contributed by atoms with Crippen LogP contribution in [0.5, 0.6) is 0 Å². The van der Waals surface area contributed by atoms with Crippen LogP contribution in [0.3, 0.4) is 0 Å². The molecule has 1 rings (SSSR count). The summed E-state index contributed by atoms with van der Waals surface area (Å²) in [5, 5.41) is 0. The van der Waals surface area contributed by atoms with Crippen molar-refractivity contribution in [1.29, 1.82) is 0 Å². The second-order valence-electron chi connectivity index (χ2n) is 9.56. The smallest absolute Gasteiger partial charge is 0.169 e. The minimum absolute atomic E-state index is 1.19. The molecule has 30 heavy (non-hydrogen) atoms. The van der Waals surface area contributed by atoms with Gasteiger partial charge in [0.25, 0.3) is 0 Å². The Morgan fingerprint density at radius 3 is 1.27 bits per heavy atom. The molecular weight excluding hydrogens is 362 g/mol. The van der Waals surface area contributed by atoms with E-state index in [0.29, 0.717) is 0 Å². The number of unbranched alkanes of at least 4 members (excludes halogenated alkanes) is 18. The third kappa shape index (κ3) is 16.9. The third-order valence-corrected chi connectivity index (χ3v) is 6.55. The van der Waals surface area contributed by atoms with Crippen LogP contribution in [0.15, 0.2) is 24.5 Å². The Morgan fingerprint density at radius 1 is 0.467 bits per heavy atom. The van der Waals surface area contributed by atoms with Crippen LogP contribution in [-0.4, -0.2) is 0 Å². The molecule has 0 aromatic carbocycles. The summed E-state index contributed by atoms with van der Waals surface area (Å²) < 4.78 is 2.37. The first-order valence-corrected chi connectivity index (χ1v) is 13.8. The summed E-state index contributed by atoms with van der Waals surface area (Å²) in [7, 11) is 0. The van der Waals surface area contributed by atoms with Crippen molar-refractivity contribution >= 4 is 0 Å². The monoisotopic (exact) mass is 416 g/mol. The molecule has 1 aromatic rings. The molecule has 0 fully saturated rings. The van der Waals surface area contributed by atoms with E-state index in [4.69, 9.17) is 0 Å². The van der Waals surface area contributed by atoms with Crippen LogP contribution in [0.25, 0.3) is 0 Å². The van der Waals surface area contributed by atoms with E-state index in [9.17, 15) is 0 Å². The van der Waals surface area contributed by atoms with Crippen LogP contribution >= 0.6 is 0 Å². The zero-order chi connectivity index (χ0) is 21.5. The third-order valence-electron chi connectivity index (χ3n) is 6.55. The van der Waals surface area contributed by atoms with Gasteiger partial charge in [0, 0.05) is 18.6 Å². The summed E-state index contributed by atoms with van der Waals surface area (Å²) >= 11 is 0. The Hall–Kier alpha value is -0.850. The van der Waals surface area contributed by atoms with Gasteiger partial charge in [-0.3, -0.25) is 0 Å². The first-order valence-electron chi connectivity index (χ1n) is 13.8. The standard InChI is InChI=1S/C29H54N/c1-3-5-7-9-11-12-13-14-15-16-17-19-21-23-29-24-27-30(28-25-29)26-22-20-18-10-8-6-4-2/h24-25,27-28H,3-23,26H2,1-2H3/q+1. The van der Waals surface area contributed by atoms with Gasteiger partial charge >= 0.3 is 0 Å². The van der Waals surface area contributed by atoms with Crippen molar-refractivity contribution in [1.82, 2.24) is 0 Å². The summed E-state index contributed by atoms with van der Waals surface area (Å²) in [5.74, 6) is 0. The lowest BCUT2D eigenvalue weighted by molar-refractivity contribution is -0.697. The van der Waals surface area contributed by atoms with E-state index >= 15 is 0 Å². The van der Waals surface area contributed by atoms with Crippen LogP contribution < -0.4 is 4.57 Å². The molecule has 0 bridgehead atoms. The lowest BCUT2D eigenvalue weighted by Gasteiger charge is -2.04. The second kappa shape index (κ2) is 21.4. The van der Waals surface area contributed by atoms with Crippen molar-refractivity contribution in [2.24, 2.45) is 0 Å². The maximum atomic E-state index is 2.37. The molecule has 1 heterocycles. The van der Waals surface area contributed by atoms with Gasteiger partial charge in [0.15, 0.2) is 12.4 Å². The maximum absolute atomic E-state index is 2.37. The minimum atomic E-state index is 1.19. The van der Waals surface area contributed by atoms with Crippen LogP contribution in [0, 0.1) is 0 Å². The average molecular weight is 417 g/mol. The van der Waals surface area contributed by atoms with E-state index in [1.165, 1.54) is 147 Å². The van der Waals surface area contributed by atoms with Gasteiger partial charge in [0.05, 0.1) is 0 Å². The van der Waals surface area contributed by atoms with Crippen LogP contribution in [-0.2, 0) is 13.0 Å². The highest BCUT2D eigenvalue weighted by Gasteiger charge is 2.02. The zero-order valence-electron chi connectivity index (χ0n) is 20.8. The number of rotatable bonds is 22. The summed E-state index contributed by atoms with van der Waals surface area (Å²) in [6, 6.07) is 4.70. The molecule has 1 nitrogen and oxygen atoms in total. The number of aromatic nitrogens is 1. The normalized spacial score (nSPS) is 11.3. The lowest BCUT2D eigenvalue weighted by atomic mass is 10.0. The van der Waals surface area contributed by atoms with Gasteiger partial charge < -0.3 is 0 Å². The molecule has 0 saturated heterocycles. The fourth-order valence-electron chi connectivity index (χ4n) is 4.40. The van der Waals surface area contributed by atoms with Gasteiger partial charge in [-0.05, 0) is 24.8 Å². The molecule has 0 aliphatic heterocycles. The quantitative estimate of drug-likeness (QED) is 0.131. The number of hydrogen-bond acceptors (Lipinski definition) is 0. The Balaban J connectivity index is 1.89. The van der Waals surface area contributed by atoms with Crippen molar-refractivity contribution in [2.45, 2.75) is 155 Å². The molecule has 0 aliphatic rings. The Morgan fingerprint density at radius 2 is 0.833 bits per heavy atom. The van der Waals surface area contributed by atoms with E-state index in [1.807, 2.05) is 0 Å². The van der Waals surface area contributed by atoms with Gasteiger partial charge in [0.2, 0.25) is 0 Å². The van der Waals surface area contributed by atoms with Crippen molar-refractivity contribution in [2.75, 3.05) is 0 Å². The first kappa shape index (κ1) is 27.2. The first-order chi connectivity index (χ1) is 14.9. The lowest BCUT2D eigenvalue weighted by Crippen LogP contribution is -2.32. The fraction of sp³-hybridized carbons (Fsp3) is 0.828. The molecule has 0 saturated carbocycles. The van der Waals surface area contributed by atoms with Gasteiger partial charge in [-0.2, -0.15) is 0 Å². The highest BCUT2D eigenvalue weighted by atomic mass is 14.9. The predicted molar refractivity (Wildman–Crippen MR) is 134 cm³/mol. The number of pyridine rings is 1. The maximum Gasteiger partial charge on any atom is 0.169 e. The summed E-state index contributed by atoms with van der Waals surface area (Å²) in [6.07, 6.45) is 34.3. The molecule has 0 amide bonds. The highest BCUT2D eigenvalue weighted by Crippen LogP contribution is 2.13. The molecule has 0 aliphatic carbocycles. The number of hydrogen-bond donors (Lipinski definition) is 0. The van der Waals surface area contributed by atoms with Crippen molar-refractivity contribution in [3.63, 3.8) is 0 Å². The summed E-state index contributed by atoms with van der Waals surface area (Å²) in [4.78, 5) is 0. The predicted octanol–water partition coefficient (Wildman–Crippen LogP) is 9.36. The number of nitrogens with zero attached hydrogens (tertiary/aromatic N) is 1. The Labute approximate surface area is 190 Å². The zero-order valence-corrected chi connectivity index (χ0v) is 20.8. The SMILES string of the molecule is CCCCCCCCCCCCCCCc1cc[n+](CCCCCCCCC)cc1. The molecule has 174 valence electrons. The molecule has 1 heteroatoms. The van der Waals surface area contributed by atoms with E-state index < -0.39 is 0 Å². The van der Waals surface area contributed by atoms with Gasteiger partial charge in [0.1, 0.15) is 6.54 Å². The highest BCUT2D eigenvalue weighted by molar-refractivity contribution is 5.07. The Bertz CT molecular complexity index is 450. The fourth-order valence-corrected chi connectivity index (χ4v) is 4.40. The van der Waals surface area contributed by atoms with Crippen molar-refractivity contribution in [3.8, 4) is 0 Å². The van der Waals surface area contributed by atoms with E-state index in [1.54, 1.807) is 0 Å². The number of aryl methyl sites for hydroxylation is 2. The van der Waals surface area contributed by atoms with E-state index in [2.05, 4.69) is 42.9 Å². The van der Waals surface area contributed by atoms with E-state index in [-0.39, 0.29) is 0 Å². The second-order valence-corrected chi connectivity index (χ2v) is 9.56.